The van der Waals surface area contributed by atoms with E-state index >= 15 is 0 Å². The molecule has 0 radical (unpaired) electrons. The summed E-state index contributed by atoms with van der Waals surface area (Å²) in [4.78, 5) is 15.3. The summed E-state index contributed by atoms with van der Waals surface area (Å²) >= 11 is 0. The van der Waals surface area contributed by atoms with E-state index in [-0.39, 0.29) is 11.8 Å². The largest absolute Gasteiger partial charge is 0.397 e. The number of carbonyl (C=O) groups excluding carboxylic acids is 1. The molecule has 1 amide bonds. The number of nitrogens with one attached hydrogen (secondary N) is 1. The average Bonchev–Trinajstić information content (AvgIpc) is 2.57. The molecule has 0 unspecified atom stereocenters. The maximum Gasteiger partial charge on any atom is 0.220 e. The van der Waals surface area contributed by atoms with Gasteiger partial charge in [-0.25, -0.2) is 0 Å². The number of rotatable bonds is 1. The van der Waals surface area contributed by atoms with Gasteiger partial charge in [-0.2, -0.15) is 0 Å². The van der Waals surface area contributed by atoms with Crippen molar-refractivity contribution < 1.29 is 4.79 Å². The zero-order chi connectivity index (χ0) is 10.1. The van der Waals surface area contributed by atoms with Crippen LogP contribution in [0.1, 0.15) is 23.6 Å². The highest BCUT2D eigenvalue weighted by atomic mass is 16.1. The minimum Gasteiger partial charge on any atom is -0.397 e. The second-order valence-electron chi connectivity index (χ2n) is 3.67. The van der Waals surface area contributed by atoms with Gasteiger partial charge in [-0.3, -0.25) is 9.78 Å². The van der Waals surface area contributed by atoms with Crippen LogP contribution in [0.25, 0.3) is 0 Å². The van der Waals surface area contributed by atoms with Crippen molar-refractivity contribution in [1.82, 2.24) is 10.3 Å². The molecule has 0 saturated carbocycles. The number of nitrogens with two attached hydrogens (primary N) is 1. The second kappa shape index (κ2) is 3.29. The Hall–Kier alpha value is -1.58. The van der Waals surface area contributed by atoms with Crippen molar-refractivity contribution in [3.8, 4) is 0 Å². The minimum atomic E-state index is 0.103. The Morgan fingerprint density at radius 1 is 1.64 bits per heavy atom. The normalized spacial score (nSPS) is 20.9. The number of nitrogen functional groups attached to an aromatic ring is 1. The molecule has 1 aromatic heterocycles. The maximum atomic E-state index is 11.0. The van der Waals surface area contributed by atoms with Crippen LogP contribution >= 0.6 is 0 Å². The first kappa shape index (κ1) is 8.99. The lowest BCUT2D eigenvalue weighted by molar-refractivity contribution is -0.119. The molecule has 0 spiro atoms. The van der Waals surface area contributed by atoms with Crippen molar-refractivity contribution in [2.75, 3.05) is 12.3 Å². The fraction of sp³-hybridized carbons (Fsp3) is 0.400. The van der Waals surface area contributed by atoms with Gasteiger partial charge in [0.1, 0.15) is 0 Å². The molecule has 1 saturated heterocycles. The topological polar surface area (TPSA) is 68.0 Å². The first-order chi connectivity index (χ1) is 6.66. The van der Waals surface area contributed by atoms with Crippen molar-refractivity contribution in [3.05, 3.63) is 23.5 Å². The van der Waals surface area contributed by atoms with E-state index in [9.17, 15) is 4.79 Å². The lowest BCUT2D eigenvalue weighted by atomic mass is 10.0. The molecule has 0 aliphatic carbocycles. The van der Waals surface area contributed by atoms with Gasteiger partial charge < -0.3 is 11.1 Å². The Bertz CT molecular complexity index is 376. The van der Waals surface area contributed by atoms with Gasteiger partial charge in [0.25, 0.3) is 0 Å². The molecule has 2 rings (SSSR count). The van der Waals surface area contributed by atoms with Crippen LogP contribution in [0.5, 0.6) is 0 Å². The minimum absolute atomic E-state index is 0.103. The van der Waals surface area contributed by atoms with Crippen molar-refractivity contribution in [3.63, 3.8) is 0 Å². The summed E-state index contributed by atoms with van der Waals surface area (Å²) in [6.45, 7) is 2.64. The summed E-state index contributed by atoms with van der Waals surface area (Å²) in [6, 6.07) is 1.96. The summed E-state index contributed by atoms with van der Waals surface area (Å²) in [6.07, 6.45) is 2.20. The van der Waals surface area contributed by atoms with Gasteiger partial charge in [-0.05, 0) is 18.6 Å². The third-order valence-electron chi connectivity index (χ3n) is 2.57. The summed E-state index contributed by atoms with van der Waals surface area (Å²) < 4.78 is 0. The zero-order valence-corrected chi connectivity index (χ0v) is 8.08. The van der Waals surface area contributed by atoms with E-state index in [1.807, 2.05) is 13.0 Å². The van der Waals surface area contributed by atoms with Gasteiger partial charge in [0.05, 0.1) is 11.9 Å². The molecule has 1 aromatic rings. The number of carbonyl (C=O) groups is 1. The van der Waals surface area contributed by atoms with Crippen molar-refractivity contribution in [1.29, 1.82) is 0 Å². The van der Waals surface area contributed by atoms with Crippen molar-refractivity contribution in [2.24, 2.45) is 0 Å². The van der Waals surface area contributed by atoms with E-state index in [1.165, 1.54) is 0 Å². The second-order valence-corrected chi connectivity index (χ2v) is 3.67. The van der Waals surface area contributed by atoms with Gasteiger partial charge in [-0.15, -0.1) is 0 Å². The molecule has 0 bridgehead atoms. The van der Waals surface area contributed by atoms with E-state index in [0.717, 1.165) is 11.3 Å². The Labute approximate surface area is 82.5 Å². The fourth-order valence-electron chi connectivity index (χ4n) is 1.63. The molecule has 2 heterocycles. The van der Waals surface area contributed by atoms with E-state index in [4.69, 9.17) is 5.73 Å². The molecule has 74 valence electrons. The van der Waals surface area contributed by atoms with E-state index in [2.05, 4.69) is 10.3 Å². The van der Waals surface area contributed by atoms with Crippen LogP contribution < -0.4 is 11.1 Å². The molecule has 0 aromatic carbocycles. The third kappa shape index (κ3) is 1.55. The number of pyridine rings is 1. The first-order valence-corrected chi connectivity index (χ1v) is 4.65. The predicted molar refractivity (Wildman–Crippen MR) is 53.8 cm³/mol. The Morgan fingerprint density at radius 3 is 3.00 bits per heavy atom. The first-order valence-electron chi connectivity index (χ1n) is 4.65. The Morgan fingerprint density at radius 2 is 2.43 bits per heavy atom. The number of aromatic nitrogens is 1. The Balaban J connectivity index is 2.24. The fourth-order valence-corrected chi connectivity index (χ4v) is 1.63. The predicted octanol–water partition coefficient (Wildman–Crippen LogP) is 0.576. The van der Waals surface area contributed by atoms with Gasteiger partial charge in [0, 0.05) is 24.6 Å². The van der Waals surface area contributed by atoms with Crippen LogP contribution in [0.4, 0.5) is 5.69 Å². The van der Waals surface area contributed by atoms with Crippen LogP contribution in [0.15, 0.2) is 12.3 Å². The summed E-state index contributed by atoms with van der Waals surface area (Å²) in [5, 5.41) is 2.79. The molecular weight excluding hydrogens is 178 g/mol. The molecule has 1 fully saturated rings. The van der Waals surface area contributed by atoms with Crippen LogP contribution in [0, 0.1) is 6.92 Å². The molecule has 3 N–H and O–H groups in total. The van der Waals surface area contributed by atoms with E-state index in [1.54, 1.807) is 6.20 Å². The van der Waals surface area contributed by atoms with Gasteiger partial charge in [0.2, 0.25) is 5.91 Å². The van der Waals surface area contributed by atoms with Gasteiger partial charge in [-0.1, -0.05) is 0 Å². The van der Waals surface area contributed by atoms with Crippen LogP contribution in [0.3, 0.4) is 0 Å². The molecule has 1 aliphatic rings. The SMILES string of the molecule is Cc1cc([C@H]2CNC(=O)C2)ncc1N. The number of aryl methyl sites for hydroxylation is 1. The monoisotopic (exact) mass is 191 g/mol. The molecule has 4 heteroatoms. The molecule has 1 atom stereocenters. The summed E-state index contributed by atoms with van der Waals surface area (Å²) in [5.41, 5.74) is 8.35. The zero-order valence-electron chi connectivity index (χ0n) is 8.08. The average molecular weight is 191 g/mol. The molecule has 1 aliphatic heterocycles. The number of hydrogen-bond acceptors (Lipinski definition) is 3. The van der Waals surface area contributed by atoms with Crippen LogP contribution in [-0.2, 0) is 4.79 Å². The number of nitrogens with zero attached hydrogens (tertiary/aromatic N) is 1. The Kier molecular flexibility index (Phi) is 2.11. The van der Waals surface area contributed by atoms with Crippen LogP contribution in [0.2, 0.25) is 0 Å². The standard InChI is InChI=1S/C10H13N3O/c1-6-2-9(12-5-8(6)11)7-3-10(14)13-4-7/h2,5,7H,3-4,11H2,1H3,(H,13,14)/t7-/m1/s1. The molecule has 14 heavy (non-hydrogen) atoms. The van der Waals surface area contributed by atoms with Gasteiger partial charge in [0.15, 0.2) is 0 Å². The van der Waals surface area contributed by atoms with E-state index in [0.29, 0.717) is 18.7 Å². The lowest BCUT2D eigenvalue weighted by Crippen LogP contribution is -2.13. The van der Waals surface area contributed by atoms with Crippen molar-refractivity contribution in [2.45, 2.75) is 19.3 Å². The summed E-state index contributed by atoms with van der Waals surface area (Å²) in [7, 11) is 0. The van der Waals surface area contributed by atoms with Crippen LogP contribution in [-0.4, -0.2) is 17.4 Å². The maximum absolute atomic E-state index is 11.0. The smallest absolute Gasteiger partial charge is 0.220 e. The van der Waals surface area contributed by atoms with E-state index < -0.39 is 0 Å². The van der Waals surface area contributed by atoms with Gasteiger partial charge >= 0.3 is 0 Å². The number of amides is 1. The molecular formula is C10H13N3O. The third-order valence-corrected chi connectivity index (χ3v) is 2.57. The highest BCUT2D eigenvalue weighted by molar-refractivity contribution is 5.79. The number of hydrogen-bond donors (Lipinski definition) is 2. The molecule has 4 nitrogen and oxygen atoms in total. The number of anilines is 1. The highest BCUT2D eigenvalue weighted by Crippen LogP contribution is 2.23. The highest BCUT2D eigenvalue weighted by Gasteiger charge is 2.24. The van der Waals surface area contributed by atoms with Crippen molar-refractivity contribution >= 4 is 11.6 Å². The quantitative estimate of drug-likeness (QED) is 0.682. The lowest BCUT2D eigenvalue weighted by Gasteiger charge is -2.08. The summed E-state index contributed by atoms with van der Waals surface area (Å²) in [5.74, 6) is 0.313.